The average Bonchev–Trinajstić information content (AvgIpc) is 3.06. The number of amides is 2. The summed E-state index contributed by atoms with van der Waals surface area (Å²) in [6.07, 6.45) is 3.51. The second-order valence-corrected chi connectivity index (χ2v) is 10.7. The zero-order valence-corrected chi connectivity index (χ0v) is 18.4. The van der Waals surface area contributed by atoms with Crippen LogP contribution in [0.2, 0.25) is 0 Å². The molecular weight excluding hydrogens is 390 g/mol. The molecule has 29 heavy (non-hydrogen) atoms. The molecule has 4 atom stereocenters. The molecule has 1 saturated heterocycles. The van der Waals surface area contributed by atoms with Crippen LogP contribution in [0.15, 0.2) is 29.2 Å². The quantitative estimate of drug-likeness (QED) is 0.792. The Kier molecular flexibility index (Phi) is 6.33. The molecule has 0 unspecified atom stereocenters. The minimum atomic E-state index is -3.58. The normalized spacial score (nSPS) is 28.0. The third-order valence-electron chi connectivity index (χ3n) is 6.47. The number of carbonyl (C=O) groups excluding carboxylic acids is 2. The molecule has 0 spiro atoms. The van der Waals surface area contributed by atoms with Crippen LogP contribution in [0.25, 0.3) is 0 Å². The zero-order chi connectivity index (χ0) is 21.3. The number of sulfonamides is 1. The number of anilines is 1. The summed E-state index contributed by atoms with van der Waals surface area (Å²) in [6.45, 7) is 4.87. The molecule has 0 radical (unpaired) electrons. The third kappa shape index (κ3) is 4.48. The molecule has 2 aliphatic rings. The number of likely N-dealkylation sites (tertiary alicyclic amines) is 1. The highest BCUT2D eigenvalue weighted by Gasteiger charge is 2.41. The van der Waals surface area contributed by atoms with Crippen molar-refractivity contribution in [2.24, 2.45) is 17.8 Å². The number of rotatable bonds is 5. The van der Waals surface area contributed by atoms with Gasteiger partial charge >= 0.3 is 0 Å². The van der Waals surface area contributed by atoms with Gasteiger partial charge in [-0.1, -0.05) is 32.8 Å². The summed E-state index contributed by atoms with van der Waals surface area (Å²) in [6, 6.07) is 6.41. The van der Waals surface area contributed by atoms with E-state index in [0.717, 1.165) is 17.1 Å². The largest absolute Gasteiger partial charge is 0.339 e. The van der Waals surface area contributed by atoms with Gasteiger partial charge in [0.1, 0.15) is 0 Å². The number of nitrogens with zero attached hydrogens (tertiary/aromatic N) is 2. The summed E-state index contributed by atoms with van der Waals surface area (Å²) >= 11 is 0. The van der Waals surface area contributed by atoms with E-state index >= 15 is 0 Å². The van der Waals surface area contributed by atoms with Gasteiger partial charge in [-0.3, -0.25) is 9.59 Å². The van der Waals surface area contributed by atoms with Gasteiger partial charge in [0.05, 0.1) is 10.8 Å². The SMILES string of the molecule is C[C@@H]1[C@H](C)CCC[C@@H]1N1C[C@@H](C(=O)Nc2cccc(S(=O)(=O)N(C)C)c2)CC1=O. The van der Waals surface area contributed by atoms with E-state index in [1.54, 1.807) is 12.1 Å². The first-order chi connectivity index (χ1) is 13.6. The molecule has 3 rings (SSSR count). The van der Waals surface area contributed by atoms with Crippen molar-refractivity contribution in [2.75, 3.05) is 26.0 Å². The molecule has 1 aliphatic carbocycles. The van der Waals surface area contributed by atoms with Crippen LogP contribution in [-0.2, 0) is 19.6 Å². The summed E-state index contributed by atoms with van der Waals surface area (Å²) < 4.78 is 25.7. The molecule has 1 heterocycles. The van der Waals surface area contributed by atoms with Gasteiger partial charge in [-0.15, -0.1) is 0 Å². The molecule has 1 aromatic carbocycles. The lowest BCUT2D eigenvalue weighted by Gasteiger charge is -2.40. The molecule has 2 amide bonds. The van der Waals surface area contributed by atoms with Gasteiger partial charge < -0.3 is 10.2 Å². The lowest BCUT2D eigenvalue weighted by molar-refractivity contribution is -0.131. The first-order valence-electron chi connectivity index (χ1n) is 10.2. The highest BCUT2D eigenvalue weighted by molar-refractivity contribution is 7.89. The zero-order valence-electron chi connectivity index (χ0n) is 17.6. The lowest BCUT2D eigenvalue weighted by atomic mass is 9.77. The topological polar surface area (TPSA) is 86.8 Å². The van der Waals surface area contributed by atoms with Crippen LogP contribution in [0, 0.1) is 17.8 Å². The monoisotopic (exact) mass is 421 g/mol. The predicted molar refractivity (Wildman–Crippen MR) is 112 cm³/mol. The molecule has 2 fully saturated rings. The van der Waals surface area contributed by atoms with Crippen molar-refractivity contribution in [3.05, 3.63) is 24.3 Å². The maximum atomic E-state index is 12.8. The standard InChI is InChI=1S/C21H31N3O4S/c1-14-7-5-10-19(15(14)2)24-13-16(11-20(24)25)21(26)22-17-8-6-9-18(12-17)29(27,28)23(3)4/h6,8-9,12,14-16,19H,5,7,10-11,13H2,1-4H3,(H,22,26)/t14-,15-,16+,19+/m1/s1. The summed E-state index contributed by atoms with van der Waals surface area (Å²) in [5.74, 6) is 0.399. The van der Waals surface area contributed by atoms with Crippen LogP contribution in [-0.4, -0.2) is 56.1 Å². The van der Waals surface area contributed by atoms with Crippen molar-refractivity contribution in [2.45, 2.75) is 50.5 Å². The minimum Gasteiger partial charge on any atom is -0.339 e. The van der Waals surface area contributed by atoms with E-state index in [9.17, 15) is 18.0 Å². The Hall–Kier alpha value is -1.93. The first kappa shape index (κ1) is 21.8. The molecule has 160 valence electrons. The number of nitrogens with one attached hydrogen (secondary N) is 1. The molecule has 7 nitrogen and oxygen atoms in total. The fourth-order valence-corrected chi connectivity index (χ4v) is 5.36. The summed E-state index contributed by atoms with van der Waals surface area (Å²) in [5, 5.41) is 2.80. The second kappa shape index (κ2) is 8.44. The van der Waals surface area contributed by atoms with Gasteiger partial charge in [0.15, 0.2) is 0 Å². The molecule has 1 aromatic rings. The molecule has 1 saturated carbocycles. The summed E-state index contributed by atoms with van der Waals surface area (Å²) in [7, 11) is -0.649. The van der Waals surface area contributed by atoms with Crippen LogP contribution >= 0.6 is 0 Å². The van der Waals surface area contributed by atoms with Crippen LogP contribution in [0.4, 0.5) is 5.69 Å². The Bertz CT molecular complexity index is 884. The average molecular weight is 422 g/mol. The van der Waals surface area contributed by atoms with Crippen LogP contribution in [0.5, 0.6) is 0 Å². The van der Waals surface area contributed by atoms with Gasteiger partial charge in [0, 0.05) is 38.8 Å². The van der Waals surface area contributed by atoms with Gasteiger partial charge in [-0.2, -0.15) is 0 Å². The van der Waals surface area contributed by atoms with Crippen LogP contribution < -0.4 is 5.32 Å². The van der Waals surface area contributed by atoms with E-state index in [0.29, 0.717) is 24.1 Å². The van der Waals surface area contributed by atoms with Crippen molar-refractivity contribution in [1.29, 1.82) is 0 Å². The van der Waals surface area contributed by atoms with Crippen molar-refractivity contribution in [3.8, 4) is 0 Å². The minimum absolute atomic E-state index is 0.0417. The maximum absolute atomic E-state index is 12.8. The molecule has 8 heteroatoms. The highest BCUT2D eigenvalue weighted by Crippen LogP contribution is 2.36. The summed E-state index contributed by atoms with van der Waals surface area (Å²) in [5.41, 5.74) is 0.420. The van der Waals surface area contributed by atoms with Crippen LogP contribution in [0.1, 0.15) is 39.5 Å². The van der Waals surface area contributed by atoms with E-state index < -0.39 is 15.9 Å². The first-order valence-corrected chi connectivity index (χ1v) is 11.7. The number of carbonyl (C=O) groups is 2. The van der Waals surface area contributed by atoms with E-state index in [1.807, 2.05) is 4.90 Å². The van der Waals surface area contributed by atoms with E-state index in [4.69, 9.17) is 0 Å². The lowest BCUT2D eigenvalue weighted by Crippen LogP contribution is -2.45. The van der Waals surface area contributed by atoms with E-state index in [1.165, 1.54) is 32.6 Å². The number of benzene rings is 1. The van der Waals surface area contributed by atoms with Gasteiger partial charge in [-0.25, -0.2) is 12.7 Å². The Balaban J connectivity index is 1.69. The van der Waals surface area contributed by atoms with Crippen molar-refractivity contribution < 1.29 is 18.0 Å². The number of hydrogen-bond acceptors (Lipinski definition) is 4. The van der Waals surface area contributed by atoms with Crippen molar-refractivity contribution in [3.63, 3.8) is 0 Å². The van der Waals surface area contributed by atoms with Gasteiger partial charge in [0.2, 0.25) is 21.8 Å². The molecule has 0 bridgehead atoms. The Morgan fingerprint density at radius 2 is 1.93 bits per heavy atom. The Morgan fingerprint density at radius 3 is 2.62 bits per heavy atom. The number of hydrogen-bond donors (Lipinski definition) is 1. The van der Waals surface area contributed by atoms with Gasteiger partial charge in [-0.05, 0) is 36.5 Å². The second-order valence-electron chi connectivity index (χ2n) is 8.59. The molecule has 1 aliphatic heterocycles. The summed E-state index contributed by atoms with van der Waals surface area (Å²) in [4.78, 5) is 27.4. The third-order valence-corrected chi connectivity index (χ3v) is 8.28. The molecular formula is C21H31N3O4S. The van der Waals surface area contributed by atoms with Crippen molar-refractivity contribution >= 4 is 27.5 Å². The van der Waals surface area contributed by atoms with E-state index in [-0.39, 0.29) is 29.2 Å². The smallest absolute Gasteiger partial charge is 0.242 e. The maximum Gasteiger partial charge on any atom is 0.242 e. The predicted octanol–water partition coefficient (Wildman–Crippen LogP) is 2.55. The fourth-order valence-electron chi connectivity index (χ4n) is 4.41. The van der Waals surface area contributed by atoms with Crippen molar-refractivity contribution in [1.82, 2.24) is 9.21 Å². The highest BCUT2D eigenvalue weighted by atomic mass is 32.2. The molecule has 0 aromatic heterocycles. The molecule has 1 N–H and O–H groups in total. The Morgan fingerprint density at radius 1 is 1.21 bits per heavy atom. The van der Waals surface area contributed by atoms with E-state index in [2.05, 4.69) is 19.2 Å². The van der Waals surface area contributed by atoms with Crippen LogP contribution in [0.3, 0.4) is 0 Å². The van der Waals surface area contributed by atoms with Gasteiger partial charge in [0.25, 0.3) is 0 Å². The fraction of sp³-hybridized carbons (Fsp3) is 0.619. The Labute approximate surface area is 173 Å².